The van der Waals surface area contributed by atoms with Crippen LogP contribution in [0.15, 0.2) is 24.5 Å². The van der Waals surface area contributed by atoms with Crippen molar-refractivity contribution in [2.75, 3.05) is 7.11 Å². The summed E-state index contributed by atoms with van der Waals surface area (Å²) in [6.45, 7) is 2.97. The lowest BCUT2D eigenvalue weighted by molar-refractivity contribution is -0.146. The van der Waals surface area contributed by atoms with E-state index in [1.807, 2.05) is 0 Å². The molecule has 0 aliphatic carbocycles. The molecule has 2 aromatic rings. The number of hydrogen-bond donors (Lipinski definition) is 1. The maximum absolute atomic E-state index is 13.8. The molecule has 106 valence electrons. The number of pyridine rings is 1. The summed E-state index contributed by atoms with van der Waals surface area (Å²) in [5, 5.41) is 13.3. The number of aromatic nitrogens is 3. The fourth-order valence-corrected chi connectivity index (χ4v) is 1.62. The highest BCUT2D eigenvalue weighted by molar-refractivity contribution is 5.76. The van der Waals surface area contributed by atoms with Crippen molar-refractivity contribution in [1.29, 1.82) is 0 Å². The molecule has 2 aromatic heterocycles. The van der Waals surface area contributed by atoms with Gasteiger partial charge in [-0.15, -0.1) is 0 Å². The predicted molar refractivity (Wildman–Crippen MR) is 68.9 cm³/mol. The van der Waals surface area contributed by atoms with Crippen molar-refractivity contribution in [2.24, 2.45) is 0 Å². The molecule has 7 heteroatoms. The molecule has 0 fully saturated rings. The highest BCUT2D eigenvalue weighted by Crippen LogP contribution is 2.31. The van der Waals surface area contributed by atoms with Crippen LogP contribution in [0.5, 0.6) is 5.75 Å². The van der Waals surface area contributed by atoms with Gasteiger partial charge in [-0.1, -0.05) is 0 Å². The van der Waals surface area contributed by atoms with E-state index in [-0.39, 0.29) is 17.1 Å². The molecule has 0 saturated carbocycles. The Hall–Kier alpha value is -2.44. The summed E-state index contributed by atoms with van der Waals surface area (Å²) < 4.78 is 20.1. The molecule has 0 aliphatic heterocycles. The van der Waals surface area contributed by atoms with E-state index in [0.717, 1.165) is 0 Å². The maximum atomic E-state index is 13.8. The molecular weight excluding hydrogens is 265 g/mol. The van der Waals surface area contributed by atoms with Crippen LogP contribution in [0.1, 0.15) is 13.8 Å². The first-order valence-corrected chi connectivity index (χ1v) is 5.86. The van der Waals surface area contributed by atoms with Gasteiger partial charge in [0.25, 0.3) is 0 Å². The number of carboxylic acids is 1. The van der Waals surface area contributed by atoms with Gasteiger partial charge >= 0.3 is 5.97 Å². The predicted octanol–water partition coefficient (Wildman–Crippen LogP) is 1.91. The first kappa shape index (κ1) is 14.0. The first-order valence-electron chi connectivity index (χ1n) is 5.86. The molecule has 0 aliphatic rings. The van der Waals surface area contributed by atoms with E-state index in [1.165, 1.54) is 50.2 Å². The SMILES string of the molecule is COc1cn(C(C)(C)C(=O)O)nc1-c1ncccc1F. The lowest BCUT2D eigenvalue weighted by Crippen LogP contribution is -2.36. The van der Waals surface area contributed by atoms with Gasteiger partial charge < -0.3 is 9.84 Å². The van der Waals surface area contributed by atoms with Gasteiger partial charge in [0.1, 0.15) is 5.69 Å². The minimum atomic E-state index is -1.28. The van der Waals surface area contributed by atoms with Crippen LogP contribution < -0.4 is 4.74 Å². The summed E-state index contributed by atoms with van der Waals surface area (Å²) in [5.41, 5.74) is -1.10. The fourth-order valence-electron chi connectivity index (χ4n) is 1.62. The van der Waals surface area contributed by atoms with Crippen molar-refractivity contribution >= 4 is 5.97 Å². The quantitative estimate of drug-likeness (QED) is 0.925. The van der Waals surface area contributed by atoms with Crippen LogP contribution in [0.3, 0.4) is 0 Å². The lowest BCUT2D eigenvalue weighted by atomic mass is 10.1. The monoisotopic (exact) mass is 279 g/mol. The molecule has 0 amide bonds. The Morgan fingerprint density at radius 2 is 2.15 bits per heavy atom. The van der Waals surface area contributed by atoms with Crippen LogP contribution in [0, 0.1) is 5.82 Å². The third-order valence-electron chi connectivity index (χ3n) is 2.98. The fraction of sp³-hybridized carbons (Fsp3) is 0.308. The average Bonchev–Trinajstić information content (AvgIpc) is 2.83. The number of aliphatic carboxylic acids is 1. The Morgan fingerprint density at radius 3 is 2.70 bits per heavy atom. The van der Waals surface area contributed by atoms with Gasteiger partial charge in [-0.25, -0.2) is 9.18 Å². The van der Waals surface area contributed by atoms with Gasteiger partial charge in [-0.3, -0.25) is 9.67 Å². The van der Waals surface area contributed by atoms with Crippen molar-refractivity contribution in [3.05, 3.63) is 30.3 Å². The van der Waals surface area contributed by atoms with Crippen molar-refractivity contribution in [3.63, 3.8) is 0 Å². The van der Waals surface area contributed by atoms with Crippen LogP contribution in [-0.4, -0.2) is 33.0 Å². The van der Waals surface area contributed by atoms with E-state index in [4.69, 9.17) is 4.74 Å². The van der Waals surface area contributed by atoms with E-state index < -0.39 is 17.3 Å². The summed E-state index contributed by atoms with van der Waals surface area (Å²) in [6, 6.07) is 2.71. The number of carbonyl (C=O) groups is 1. The number of methoxy groups -OCH3 is 1. The molecular formula is C13H14FN3O3. The third-order valence-corrected chi connectivity index (χ3v) is 2.98. The molecule has 2 heterocycles. The molecule has 0 aromatic carbocycles. The Kier molecular flexibility index (Phi) is 3.44. The number of carboxylic acid groups (broad SMARTS) is 1. The van der Waals surface area contributed by atoms with Crippen LogP contribution >= 0.6 is 0 Å². The zero-order chi connectivity index (χ0) is 14.9. The number of halogens is 1. The van der Waals surface area contributed by atoms with Crippen molar-refractivity contribution in [1.82, 2.24) is 14.8 Å². The molecule has 20 heavy (non-hydrogen) atoms. The minimum absolute atomic E-state index is 0.0179. The highest BCUT2D eigenvalue weighted by atomic mass is 19.1. The van der Waals surface area contributed by atoms with Gasteiger partial charge in [-0.05, 0) is 26.0 Å². The zero-order valence-corrected chi connectivity index (χ0v) is 11.3. The van der Waals surface area contributed by atoms with Crippen LogP contribution in [-0.2, 0) is 10.3 Å². The summed E-state index contributed by atoms with van der Waals surface area (Å²) in [4.78, 5) is 15.2. The molecule has 0 saturated heterocycles. The standard InChI is InChI=1S/C13H14FN3O3/c1-13(2,12(18)19)17-7-9(20-3)11(16-17)10-8(14)5-4-6-15-10/h4-7H,1-3H3,(H,18,19). The van der Waals surface area contributed by atoms with Gasteiger partial charge in [0.2, 0.25) is 0 Å². The minimum Gasteiger partial charge on any atom is -0.493 e. The molecule has 2 rings (SSSR count). The first-order chi connectivity index (χ1) is 9.37. The van der Waals surface area contributed by atoms with Crippen LogP contribution in [0.4, 0.5) is 4.39 Å². The smallest absolute Gasteiger partial charge is 0.331 e. The topological polar surface area (TPSA) is 77.2 Å². The second kappa shape index (κ2) is 4.92. The van der Waals surface area contributed by atoms with Crippen LogP contribution in [0.2, 0.25) is 0 Å². The molecule has 0 bridgehead atoms. The van der Waals surface area contributed by atoms with E-state index in [1.54, 1.807) is 0 Å². The Labute approximate surface area is 114 Å². The maximum Gasteiger partial charge on any atom is 0.331 e. The van der Waals surface area contributed by atoms with E-state index >= 15 is 0 Å². The van der Waals surface area contributed by atoms with Gasteiger partial charge in [0, 0.05) is 6.20 Å². The summed E-state index contributed by atoms with van der Waals surface area (Å²) in [7, 11) is 1.40. The van der Waals surface area contributed by atoms with Crippen molar-refractivity contribution < 1.29 is 19.0 Å². The van der Waals surface area contributed by atoms with Gasteiger partial charge in [0.05, 0.1) is 13.3 Å². The van der Waals surface area contributed by atoms with Crippen molar-refractivity contribution in [2.45, 2.75) is 19.4 Å². The second-order valence-corrected chi connectivity index (χ2v) is 4.69. The van der Waals surface area contributed by atoms with E-state index in [0.29, 0.717) is 0 Å². The van der Waals surface area contributed by atoms with E-state index in [2.05, 4.69) is 10.1 Å². The number of hydrogen-bond acceptors (Lipinski definition) is 4. The summed E-state index contributed by atoms with van der Waals surface area (Å²) in [6.07, 6.45) is 2.84. The van der Waals surface area contributed by atoms with Gasteiger partial charge in [-0.2, -0.15) is 5.10 Å². The largest absolute Gasteiger partial charge is 0.493 e. The molecule has 0 atom stereocenters. The Bertz CT molecular complexity index is 652. The number of rotatable bonds is 4. The zero-order valence-electron chi connectivity index (χ0n) is 11.3. The molecule has 1 N–H and O–H groups in total. The molecule has 0 radical (unpaired) electrons. The number of ether oxygens (including phenoxy) is 1. The molecule has 0 unspecified atom stereocenters. The average molecular weight is 279 g/mol. The van der Waals surface area contributed by atoms with E-state index in [9.17, 15) is 14.3 Å². The Balaban J connectivity index is 2.59. The third kappa shape index (κ3) is 2.22. The van der Waals surface area contributed by atoms with Crippen molar-refractivity contribution in [3.8, 4) is 17.1 Å². The number of nitrogens with zero attached hydrogens (tertiary/aromatic N) is 3. The summed E-state index contributed by atoms with van der Waals surface area (Å²) >= 11 is 0. The second-order valence-electron chi connectivity index (χ2n) is 4.69. The lowest BCUT2D eigenvalue weighted by Gasteiger charge is -2.19. The van der Waals surface area contributed by atoms with Crippen LogP contribution in [0.25, 0.3) is 11.4 Å². The Morgan fingerprint density at radius 1 is 1.45 bits per heavy atom. The molecule has 0 spiro atoms. The summed E-state index contributed by atoms with van der Waals surface area (Å²) in [5.74, 6) is -1.35. The normalized spacial score (nSPS) is 11.4. The van der Waals surface area contributed by atoms with Gasteiger partial charge in [0.15, 0.2) is 22.8 Å². The highest BCUT2D eigenvalue weighted by Gasteiger charge is 2.32. The molecule has 6 nitrogen and oxygen atoms in total.